The zero-order valence-corrected chi connectivity index (χ0v) is 27.2. The molecule has 5 nitrogen and oxygen atoms in total. The minimum atomic E-state index is -4.51. The minimum absolute atomic E-state index is 0.00352. The molecule has 2 N–H and O–H groups in total. The van der Waals surface area contributed by atoms with Crippen molar-refractivity contribution in [2.45, 2.75) is 78.3 Å². The van der Waals surface area contributed by atoms with Crippen molar-refractivity contribution in [1.82, 2.24) is 4.98 Å². The molecule has 246 valence electrons. The summed E-state index contributed by atoms with van der Waals surface area (Å²) in [6.45, 7) is 14.2. The number of pyridine rings is 1. The Morgan fingerprint density at radius 3 is 2.09 bits per heavy atom. The van der Waals surface area contributed by atoms with Gasteiger partial charge in [-0.2, -0.15) is 17.6 Å². The van der Waals surface area contributed by atoms with Crippen LogP contribution >= 0.6 is 11.6 Å². The van der Waals surface area contributed by atoms with E-state index in [2.05, 4.69) is 64.0 Å². The van der Waals surface area contributed by atoms with Crippen LogP contribution in [0.25, 0.3) is 0 Å². The first kappa shape index (κ1) is 42.7. The number of carbonyl (C=O) groups excluding carboxylic acids is 1. The van der Waals surface area contributed by atoms with Crippen LogP contribution in [0.15, 0.2) is 85.6 Å². The maximum absolute atomic E-state index is 13.0. The molecule has 3 aromatic rings. The molecule has 44 heavy (non-hydrogen) atoms. The van der Waals surface area contributed by atoms with E-state index in [4.69, 9.17) is 16.4 Å². The minimum Gasteiger partial charge on any atom is -0.428 e. The van der Waals surface area contributed by atoms with Crippen LogP contribution in [0.5, 0.6) is 5.75 Å². The lowest BCUT2D eigenvalue weighted by atomic mass is 9.89. The molecule has 0 aliphatic heterocycles. The number of benzene rings is 2. The second-order valence-corrected chi connectivity index (χ2v) is 9.53. The highest BCUT2D eigenvalue weighted by molar-refractivity contribution is 6.30. The molecule has 0 saturated carbocycles. The highest BCUT2D eigenvalue weighted by Gasteiger charge is 2.44. The van der Waals surface area contributed by atoms with E-state index in [1.807, 2.05) is 33.8 Å². The summed E-state index contributed by atoms with van der Waals surface area (Å²) < 4.78 is 59.3. The third-order valence-electron chi connectivity index (χ3n) is 5.56. The molecule has 2 aromatic carbocycles. The van der Waals surface area contributed by atoms with Crippen molar-refractivity contribution in [2.24, 2.45) is 5.73 Å². The fraction of sp³-hybridized carbons (Fsp3) is 0.412. The van der Waals surface area contributed by atoms with Crippen molar-refractivity contribution in [2.75, 3.05) is 13.7 Å². The third kappa shape index (κ3) is 19.7. The van der Waals surface area contributed by atoms with Crippen LogP contribution < -0.4 is 10.5 Å². The van der Waals surface area contributed by atoms with Crippen LogP contribution in [-0.2, 0) is 16.0 Å². The van der Waals surface area contributed by atoms with Gasteiger partial charge in [-0.1, -0.05) is 101 Å². The number of aromatic nitrogens is 1. The molecule has 1 heterocycles. The maximum Gasteiger partial charge on any atom is 0.461 e. The summed E-state index contributed by atoms with van der Waals surface area (Å²) in [7, 11) is 1.64. The van der Waals surface area contributed by atoms with E-state index in [1.165, 1.54) is 36.6 Å². The zero-order valence-electron chi connectivity index (χ0n) is 26.5. The molecular weight excluding hydrogens is 596 g/mol. The number of halogens is 5. The number of rotatable bonds is 11. The number of nitrogens with zero attached hydrogens (tertiary/aromatic N) is 1. The summed E-state index contributed by atoms with van der Waals surface area (Å²) in [5, 5.41) is 0.550. The molecule has 1 aromatic heterocycles. The van der Waals surface area contributed by atoms with E-state index in [0.717, 1.165) is 11.3 Å². The molecule has 0 aliphatic rings. The van der Waals surface area contributed by atoms with Crippen LogP contribution in [-0.4, -0.2) is 37.6 Å². The lowest BCUT2D eigenvalue weighted by Gasteiger charge is -2.20. The number of amides is 1. The van der Waals surface area contributed by atoms with E-state index in [-0.39, 0.29) is 24.0 Å². The van der Waals surface area contributed by atoms with Gasteiger partial charge in [0.25, 0.3) is 0 Å². The molecule has 10 heteroatoms. The van der Waals surface area contributed by atoms with Gasteiger partial charge in [0, 0.05) is 19.0 Å². The Morgan fingerprint density at radius 1 is 1.02 bits per heavy atom. The van der Waals surface area contributed by atoms with Crippen molar-refractivity contribution in [3.63, 3.8) is 0 Å². The number of aryl methyl sites for hydroxylation is 1. The van der Waals surface area contributed by atoms with Crippen molar-refractivity contribution >= 4 is 18.0 Å². The largest absolute Gasteiger partial charge is 0.461 e. The molecule has 2 unspecified atom stereocenters. The summed E-state index contributed by atoms with van der Waals surface area (Å²) in [6, 6.07) is 20.0. The smallest absolute Gasteiger partial charge is 0.428 e. The van der Waals surface area contributed by atoms with E-state index in [9.17, 15) is 17.6 Å². The number of hydrogen-bond acceptors (Lipinski definition) is 4. The second-order valence-electron chi connectivity index (χ2n) is 9.09. The van der Waals surface area contributed by atoms with Crippen molar-refractivity contribution in [1.29, 1.82) is 0 Å². The molecule has 0 fully saturated rings. The van der Waals surface area contributed by atoms with Gasteiger partial charge in [-0.3, -0.25) is 9.78 Å². The molecule has 0 bridgehead atoms. The summed E-state index contributed by atoms with van der Waals surface area (Å²) in [4.78, 5) is 12.9. The number of hydrogen-bond donors (Lipinski definition) is 1. The Bertz CT molecular complexity index is 1120. The van der Waals surface area contributed by atoms with E-state index < -0.39 is 12.5 Å². The normalized spacial score (nSPS) is 11.4. The van der Waals surface area contributed by atoms with Gasteiger partial charge in [0.15, 0.2) is 0 Å². The Balaban J connectivity index is 0. The third-order valence-corrected chi connectivity index (χ3v) is 5.79. The Morgan fingerprint density at radius 2 is 1.64 bits per heavy atom. The Kier molecular flexibility index (Phi) is 25.2. The van der Waals surface area contributed by atoms with Gasteiger partial charge in [-0.15, -0.1) is 6.58 Å². The molecule has 0 spiro atoms. The van der Waals surface area contributed by atoms with Crippen molar-refractivity contribution in [3.8, 4) is 5.75 Å². The lowest BCUT2D eigenvalue weighted by molar-refractivity contribution is -0.253. The highest BCUT2D eigenvalue weighted by Crippen LogP contribution is 2.33. The fourth-order valence-electron chi connectivity index (χ4n) is 3.60. The number of nitrogens with two attached hydrogens (primary N) is 1. The van der Waals surface area contributed by atoms with Crippen LogP contribution in [0.3, 0.4) is 0 Å². The first-order valence-electron chi connectivity index (χ1n) is 14.3. The number of alkyl halides is 4. The van der Waals surface area contributed by atoms with Gasteiger partial charge < -0.3 is 15.2 Å². The SMILES string of the molecule is C=CCOC.CC.CC(CC(C)c1ccc(Cl)cn1)c1cccc(OC(F)(F)C(F)F)c1.CCCc1ccccc1.NC=O. The van der Waals surface area contributed by atoms with E-state index >= 15 is 0 Å². The Hall–Kier alpha value is -3.43. The Labute approximate surface area is 265 Å². The van der Waals surface area contributed by atoms with E-state index in [1.54, 1.807) is 31.5 Å². The monoisotopic (exact) mass is 642 g/mol. The molecular formula is C34H47ClF4N2O3. The standard InChI is InChI=1S/C18H18ClF4NO.C9H12.C4H8O.C2H6.CH3NO/c1-11(8-12(2)16-7-6-14(19)10-24-16)13-4-3-5-15(9-13)25-18(22,23)17(20)21;1-2-6-9-7-4-3-5-8-9;1-3-4-5-2;1-2;2-1-3/h3-7,9-12,17H,8H2,1-2H3;3-5,7-8H,2,6H2,1H3;3H,1,4H2,2H3;1-2H3;1H,(H2,2,3). The maximum atomic E-state index is 13.0. The quantitative estimate of drug-likeness (QED) is 0.128. The summed E-state index contributed by atoms with van der Waals surface area (Å²) in [6.07, 6.45) is -1.72. The molecule has 2 atom stereocenters. The number of ether oxygens (including phenoxy) is 2. The molecule has 0 saturated heterocycles. The predicted octanol–water partition coefficient (Wildman–Crippen LogP) is 9.85. The fourth-order valence-corrected chi connectivity index (χ4v) is 3.72. The van der Waals surface area contributed by atoms with Crippen LogP contribution in [0.4, 0.5) is 17.6 Å². The van der Waals surface area contributed by atoms with Crippen LogP contribution in [0.1, 0.15) is 76.1 Å². The second kappa shape index (κ2) is 26.0. The summed E-state index contributed by atoms with van der Waals surface area (Å²) >= 11 is 5.82. The zero-order chi connectivity index (χ0) is 34.0. The van der Waals surface area contributed by atoms with Crippen LogP contribution in [0, 0.1) is 0 Å². The highest BCUT2D eigenvalue weighted by atomic mass is 35.5. The lowest BCUT2D eigenvalue weighted by Crippen LogP contribution is -2.33. The number of carbonyl (C=O) groups is 1. The average molecular weight is 643 g/mol. The van der Waals surface area contributed by atoms with Crippen molar-refractivity contribution < 1.29 is 31.8 Å². The van der Waals surface area contributed by atoms with E-state index in [0.29, 0.717) is 18.1 Å². The van der Waals surface area contributed by atoms with Gasteiger partial charge in [0.2, 0.25) is 6.41 Å². The molecule has 3 rings (SSSR count). The topological polar surface area (TPSA) is 74.4 Å². The molecule has 0 aliphatic carbocycles. The van der Waals surface area contributed by atoms with Gasteiger partial charge >= 0.3 is 12.5 Å². The number of primary amides is 1. The number of methoxy groups -OCH3 is 1. The molecule has 0 radical (unpaired) electrons. The summed E-state index contributed by atoms with van der Waals surface area (Å²) in [5.41, 5.74) is 7.20. The van der Waals surface area contributed by atoms with Crippen molar-refractivity contribution in [3.05, 3.63) is 107 Å². The first-order valence-corrected chi connectivity index (χ1v) is 14.7. The van der Waals surface area contributed by atoms with Gasteiger partial charge in [0.05, 0.1) is 11.6 Å². The van der Waals surface area contributed by atoms with Gasteiger partial charge in [-0.05, 0) is 60.1 Å². The van der Waals surface area contributed by atoms with Gasteiger partial charge in [0.1, 0.15) is 5.75 Å². The van der Waals surface area contributed by atoms with Gasteiger partial charge in [-0.25, -0.2) is 0 Å². The average Bonchev–Trinajstić information content (AvgIpc) is 3.00. The van der Waals surface area contributed by atoms with Crippen LogP contribution in [0.2, 0.25) is 5.02 Å². The molecule has 1 amide bonds. The summed E-state index contributed by atoms with van der Waals surface area (Å²) in [5.74, 6) is -0.178. The first-order chi connectivity index (χ1) is 20.9. The predicted molar refractivity (Wildman–Crippen MR) is 173 cm³/mol.